The smallest absolute Gasteiger partial charge is 0.110 e. The first kappa shape index (κ1) is 14.1. The van der Waals surface area contributed by atoms with E-state index in [0.717, 1.165) is 29.5 Å². The molecule has 1 atom stereocenters. The van der Waals surface area contributed by atoms with E-state index in [9.17, 15) is 0 Å². The molecule has 0 aliphatic rings. The fourth-order valence-electron chi connectivity index (χ4n) is 2.10. The van der Waals surface area contributed by atoms with E-state index in [-0.39, 0.29) is 0 Å². The number of nitrogens with one attached hydrogen (secondary N) is 1. The molecule has 0 saturated carbocycles. The average Bonchev–Trinajstić information content (AvgIpc) is 2.82. The zero-order valence-electron chi connectivity index (χ0n) is 11.7. The van der Waals surface area contributed by atoms with Crippen molar-refractivity contribution in [1.82, 2.24) is 14.9 Å². The van der Waals surface area contributed by atoms with Crippen LogP contribution in [0.15, 0.2) is 30.6 Å². The van der Waals surface area contributed by atoms with Gasteiger partial charge < -0.3 is 9.88 Å². The zero-order valence-corrected chi connectivity index (χ0v) is 12.4. The van der Waals surface area contributed by atoms with Crippen LogP contribution in [0.1, 0.15) is 37.7 Å². The lowest BCUT2D eigenvalue weighted by Gasteiger charge is -2.16. The molecule has 0 bridgehead atoms. The second-order valence-electron chi connectivity index (χ2n) is 4.73. The van der Waals surface area contributed by atoms with Gasteiger partial charge in [0.1, 0.15) is 5.82 Å². The third-order valence-corrected chi connectivity index (χ3v) is 3.56. The van der Waals surface area contributed by atoms with Crippen molar-refractivity contribution < 1.29 is 0 Å². The standard InChI is InChI=1S/C15H20ClN3/c1-4-7-17-11(2)13-5-6-15(14(16)10-13)19-9-8-18-12(19)3/h5-6,8-11,17H,4,7H2,1-3H3. The fourth-order valence-corrected chi connectivity index (χ4v) is 2.38. The second-order valence-corrected chi connectivity index (χ2v) is 5.14. The average molecular weight is 278 g/mol. The monoisotopic (exact) mass is 277 g/mol. The Hall–Kier alpha value is -1.32. The van der Waals surface area contributed by atoms with Crippen molar-refractivity contribution in [3.05, 3.63) is 47.0 Å². The lowest BCUT2D eigenvalue weighted by molar-refractivity contribution is 0.570. The summed E-state index contributed by atoms with van der Waals surface area (Å²) >= 11 is 6.39. The van der Waals surface area contributed by atoms with E-state index in [1.807, 2.05) is 23.8 Å². The summed E-state index contributed by atoms with van der Waals surface area (Å²) in [7, 11) is 0. The molecular weight excluding hydrogens is 258 g/mol. The van der Waals surface area contributed by atoms with Gasteiger partial charge in [0.05, 0.1) is 10.7 Å². The van der Waals surface area contributed by atoms with Gasteiger partial charge in [0.15, 0.2) is 0 Å². The minimum atomic E-state index is 0.315. The summed E-state index contributed by atoms with van der Waals surface area (Å²) in [5, 5.41) is 4.22. The zero-order chi connectivity index (χ0) is 13.8. The number of hydrogen-bond donors (Lipinski definition) is 1. The van der Waals surface area contributed by atoms with Crippen molar-refractivity contribution >= 4 is 11.6 Å². The van der Waals surface area contributed by atoms with E-state index in [0.29, 0.717) is 6.04 Å². The SMILES string of the molecule is CCCNC(C)c1ccc(-n2ccnc2C)c(Cl)c1. The molecule has 2 rings (SSSR count). The number of aryl methyl sites for hydroxylation is 1. The van der Waals surface area contributed by atoms with Crippen LogP contribution in [0.4, 0.5) is 0 Å². The summed E-state index contributed by atoms with van der Waals surface area (Å²) < 4.78 is 2.00. The molecule has 19 heavy (non-hydrogen) atoms. The number of hydrogen-bond acceptors (Lipinski definition) is 2. The molecule has 4 heteroatoms. The molecular formula is C15H20ClN3. The summed E-state index contributed by atoms with van der Waals surface area (Å²) in [6.45, 7) is 7.30. The molecule has 0 aliphatic carbocycles. The van der Waals surface area contributed by atoms with Crippen molar-refractivity contribution in [2.24, 2.45) is 0 Å². The van der Waals surface area contributed by atoms with Crippen LogP contribution >= 0.6 is 11.6 Å². The number of benzene rings is 1. The van der Waals surface area contributed by atoms with Crippen molar-refractivity contribution in [3.63, 3.8) is 0 Å². The van der Waals surface area contributed by atoms with E-state index in [1.165, 1.54) is 5.56 Å². The summed E-state index contributed by atoms with van der Waals surface area (Å²) in [4.78, 5) is 4.22. The summed E-state index contributed by atoms with van der Waals surface area (Å²) in [5.41, 5.74) is 2.18. The molecule has 1 N–H and O–H groups in total. The third kappa shape index (κ3) is 3.17. The Morgan fingerprint density at radius 1 is 1.42 bits per heavy atom. The van der Waals surface area contributed by atoms with Gasteiger partial charge in [0.25, 0.3) is 0 Å². The minimum absolute atomic E-state index is 0.315. The van der Waals surface area contributed by atoms with E-state index < -0.39 is 0 Å². The Balaban J connectivity index is 2.25. The number of imidazole rings is 1. The Morgan fingerprint density at radius 3 is 2.79 bits per heavy atom. The van der Waals surface area contributed by atoms with Gasteiger partial charge in [-0.15, -0.1) is 0 Å². The van der Waals surface area contributed by atoms with Gasteiger partial charge in [0, 0.05) is 18.4 Å². The highest BCUT2D eigenvalue weighted by Gasteiger charge is 2.09. The Morgan fingerprint density at radius 2 is 2.21 bits per heavy atom. The maximum Gasteiger partial charge on any atom is 0.110 e. The Labute approximate surface area is 119 Å². The minimum Gasteiger partial charge on any atom is -0.310 e. The van der Waals surface area contributed by atoms with Crippen LogP contribution in [-0.4, -0.2) is 16.1 Å². The molecule has 0 saturated heterocycles. The van der Waals surface area contributed by atoms with Crippen molar-refractivity contribution in [1.29, 1.82) is 0 Å². The highest BCUT2D eigenvalue weighted by atomic mass is 35.5. The first-order valence-corrected chi connectivity index (χ1v) is 7.04. The van der Waals surface area contributed by atoms with Crippen molar-refractivity contribution in [2.75, 3.05) is 6.54 Å². The molecule has 0 fully saturated rings. The number of halogens is 1. The quantitative estimate of drug-likeness (QED) is 0.898. The van der Waals surface area contributed by atoms with Gasteiger partial charge in [-0.2, -0.15) is 0 Å². The van der Waals surface area contributed by atoms with Crippen molar-refractivity contribution in [2.45, 2.75) is 33.2 Å². The number of nitrogens with zero attached hydrogens (tertiary/aromatic N) is 2. The molecule has 102 valence electrons. The Bertz CT molecular complexity index is 548. The number of aromatic nitrogens is 2. The predicted octanol–water partition coefficient (Wildman–Crippen LogP) is 3.89. The van der Waals surface area contributed by atoms with Crippen LogP contribution in [0.5, 0.6) is 0 Å². The second kappa shape index (κ2) is 6.22. The van der Waals surface area contributed by atoms with Gasteiger partial charge in [-0.3, -0.25) is 0 Å². The van der Waals surface area contributed by atoms with E-state index >= 15 is 0 Å². The van der Waals surface area contributed by atoms with E-state index in [1.54, 1.807) is 6.20 Å². The molecule has 3 nitrogen and oxygen atoms in total. The topological polar surface area (TPSA) is 29.9 Å². The molecule has 2 aromatic rings. The Kier molecular flexibility index (Phi) is 4.61. The molecule has 1 aromatic heterocycles. The van der Waals surface area contributed by atoms with Gasteiger partial charge in [0.2, 0.25) is 0 Å². The maximum absolute atomic E-state index is 6.39. The normalized spacial score (nSPS) is 12.6. The highest BCUT2D eigenvalue weighted by Crippen LogP contribution is 2.25. The maximum atomic E-state index is 6.39. The largest absolute Gasteiger partial charge is 0.310 e. The van der Waals surface area contributed by atoms with Crippen molar-refractivity contribution in [3.8, 4) is 5.69 Å². The third-order valence-electron chi connectivity index (χ3n) is 3.26. The lowest BCUT2D eigenvalue weighted by Crippen LogP contribution is -2.19. The van der Waals surface area contributed by atoms with Crippen LogP contribution in [0.3, 0.4) is 0 Å². The summed E-state index contributed by atoms with van der Waals surface area (Å²) in [6, 6.07) is 6.52. The molecule has 1 unspecified atom stereocenters. The van der Waals surface area contributed by atoms with Gasteiger partial charge in [-0.25, -0.2) is 4.98 Å². The first-order valence-electron chi connectivity index (χ1n) is 6.66. The molecule has 1 heterocycles. The van der Waals surface area contributed by atoms with Crippen LogP contribution in [0, 0.1) is 6.92 Å². The van der Waals surface area contributed by atoms with Crippen LogP contribution in [0.25, 0.3) is 5.69 Å². The van der Waals surface area contributed by atoms with Gasteiger partial charge in [-0.05, 0) is 44.5 Å². The molecule has 0 radical (unpaired) electrons. The van der Waals surface area contributed by atoms with Crippen LogP contribution in [0.2, 0.25) is 5.02 Å². The van der Waals surface area contributed by atoms with E-state index in [4.69, 9.17) is 11.6 Å². The first-order chi connectivity index (χ1) is 9.13. The molecule has 0 spiro atoms. The molecule has 1 aromatic carbocycles. The fraction of sp³-hybridized carbons (Fsp3) is 0.400. The highest BCUT2D eigenvalue weighted by molar-refractivity contribution is 6.32. The van der Waals surface area contributed by atoms with Crippen LogP contribution < -0.4 is 5.32 Å². The molecule has 0 aliphatic heterocycles. The van der Waals surface area contributed by atoms with Crippen LogP contribution in [-0.2, 0) is 0 Å². The predicted molar refractivity (Wildman–Crippen MR) is 80.0 cm³/mol. The van der Waals surface area contributed by atoms with Gasteiger partial charge in [-0.1, -0.05) is 24.6 Å². The summed E-state index contributed by atoms with van der Waals surface area (Å²) in [6.07, 6.45) is 4.84. The number of rotatable bonds is 5. The molecule has 0 amide bonds. The van der Waals surface area contributed by atoms with E-state index in [2.05, 4.69) is 36.3 Å². The van der Waals surface area contributed by atoms with Gasteiger partial charge >= 0.3 is 0 Å². The summed E-state index contributed by atoms with van der Waals surface area (Å²) in [5.74, 6) is 0.937. The lowest BCUT2D eigenvalue weighted by atomic mass is 10.1.